The molecule has 0 radical (unpaired) electrons. The van der Waals surface area contributed by atoms with Crippen LogP contribution in [0.15, 0.2) is 146 Å². The molecule has 0 spiro atoms. The van der Waals surface area contributed by atoms with E-state index in [0.29, 0.717) is 50.0 Å². The smallest absolute Gasteiger partial charge is 0.323 e. The molecule has 5 aromatic carbocycles. The Balaban J connectivity index is 1.09. The fourth-order valence-electron chi connectivity index (χ4n) is 6.73. The van der Waals surface area contributed by atoms with Gasteiger partial charge in [0.15, 0.2) is 0 Å². The summed E-state index contributed by atoms with van der Waals surface area (Å²) in [7, 11) is 0. The average molecular weight is 829 g/mol. The largest absolute Gasteiger partial charge is 0.458 e. The van der Waals surface area contributed by atoms with Crippen LogP contribution in [-0.2, 0) is 39.4 Å². The predicted molar refractivity (Wildman–Crippen MR) is 247 cm³/mol. The maximum absolute atomic E-state index is 6.33. The lowest BCUT2D eigenvalue weighted by atomic mass is 10.1. The number of hydrogen-bond acceptors (Lipinski definition) is 12. The molecule has 0 aliphatic heterocycles. The Morgan fingerprint density at radius 3 is 1.08 bits per heavy atom. The number of anilines is 4. The van der Waals surface area contributed by atoms with E-state index in [2.05, 4.69) is 98.8 Å². The van der Waals surface area contributed by atoms with Crippen molar-refractivity contribution in [3.63, 3.8) is 0 Å². The zero-order valence-electron chi connectivity index (χ0n) is 35.7. The lowest BCUT2D eigenvalue weighted by molar-refractivity contribution is 0.274. The molecule has 2 N–H and O–H groups in total. The lowest BCUT2D eigenvalue weighted by Gasteiger charge is -2.24. The normalized spacial score (nSPS) is 10.9. The quantitative estimate of drug-likeness (QED) is 0.0563. The van der Waals surface area contributed by atoms with Gasteiger partial charge in [0, 0.05) is 39.3 Å². The second-order valence-corrected chi connectivity index (χ2v) is 15.1. The summed E-state index contributed by atoms with van der Waals surface area (Å²) < 4.78 is 12.7. The van der Waals surface area contributed by atoms with Crippen molar-refractivity contribution in [2.75, 3.05) is 33.5 Å². The van der Waals surface area contributed by atoms with Gasteiger partial charge in [0.05, 0.1) is 0 Å². The van der Waals surface area contributed by atoms with Gasteiger partial charge in [-0.25, -0.2) is 0 Å². The summed E-state index contributed by atoms with van der Waals surface area (Å²) in [6.07, 6.45) is 4.09. The van der Waals surface area contributed by atoms with E-state index in [1.807, 2.05) is 91.0 Å². The van der Waals surface area contributed by atoms with E-state index >= 15 is 0 Å². The number of nitrogens with zero attached hydrogens (tertiary/aromatic N) is 8. The van der Waals surface area contributed by atoms with Crippen LogP contribution < -0.4 is 29.9 Å². The molecule has 0 saturated carbocycles. The summed E-state index contributed by atoms with van der Waals surface area (Å²) in [5.74, 6) is 2.04. The van der Waals surface area contributed by atoms with Crippen molar-refractivity contribution < 1.29 is 9.47 Å². The molecule has 2 aromatic heterocycles. The first kappa shape index (κ1) is 43.0. The van der Waals surface area contributed by atoms with Gasteiger partial charge in [0.25, 0.3) is 0 Å². The fourth-order valence-corrected chi connectivity index (χ4v) is 6.73. The highest BCUT2D eigenvalue weighted by atomic mass is 16.5. The average Bonchev–Trinajstić information content (AvgIpc) is 3.31. The summed E-state index contributed by atoms with van der Waals surface area (Å²) >= 11 is 0. The zero-order valence-corrected chi connectivity index (χ0v) is 35.7. The molecule has 0 aliphatic rings. The molecular formula is C50H56N10O2. The van der Waals surface area contributed by atoms with E-state index in [0.717, 1.165) is 72.2 Å². The second-order valence-electron chi connectivity index (χ2n) is 15.1. The Morgan fingerprint density at radius 1 is 0.403 bits per heavy atom. The molecule has 12 heteroatoms. The van der Waals surface area contributed by atoms with Crippen molar-refractivity contribution in [3.05, 3.63) is 179 Å². The first-order valence-electron chi connectivity index (χ1n) is 21.6. The predicted octanol–water partition coefficient (Wildman–Crippen LogP) is 10.1. The summed E-state index contributed by atoms with van der Waals surface area (Å²) in [5, 5.41) is 6.78. The number of aromatic nitrogens is 6. The molecule has 0 amide bonds. The second kappa shape index (κ2) is 23.1. The third-order valence-corrected chi connectivity index (χ3v) is 9.99. The highest BCUT2D eigenvalue weighted by molar-refractivity contribution is 5.42. The van der Waals surface area contributed by atoms with Crippen molar-refractivity contribution in [2.45, 2.75) is 78.9 Å². The topological polar surface area (TPSA) is 126 Å². The fraction of sp³-hybridized carbons (Fsp3) is 0.280. The number of hydrogen-bond donors (Lipinski definition) is 2. The number of nitrogens with one attached hydrogen (secondary N) is 2. The van der Waals surface area contributed by atoms with Crippen LogP contribution in [0, 0.1) is 0 Å². The Bertz CT molecular complexity index is 2130. The molecule has 0 saturated heterocycles. The number of ether oxygens (including phenoxy) is 2. The minimum Gasteiger partial charge on any atom is -0.458 e. The molecule has 0 fully saturated rings. The van der Waals surface area contributed by atoms with Crippen LogP contribution >= 0.6 is 0 Å². The lowest BCUT2D eigenvalue weighted by Crippen LogP contribution is -2.25. The molecular weight excluding hydrogens is 773 g/mol. The Labute approximate surface area is 365 Å². The summed E-state index contributed by atoms with van der Waals surface area (Å²) in [6.45, 7) is 8.78. The van der Waals surface area contributed by atoms with Crippen molar-refractivity contribution in [1.29, 1.82) is 0 Å². The molecule has 62 heavy (non-hydrogen) atoms. The van der Waals surface area contributed by atoms with Crippen LogP contribution in [0.25, 0.3) is 0 Å². The third-order valence-electron chi connectivity index (χ3n) is 9.99. The molecule has 12 nitrogen and oxygen atoms in total. The molecule has 0 atom stereocenters. The molecule has 2 heterocycles. The Morgan fingerprint density at radius 2 is 0.742 bits per heavy atom. The standard InChI is InChI=1S/C50H56N10O2/c1-3-5-30-51-45-53-47(59(33-39-20-11-7-12-21-39)34-40-22-13-8-14-23-40)57-49(55-45)61-37-43-28-19-29-44(32-43)38-62-50-56-46(52-31-6-4-2)54-48(58-50)60(35-41-24-15-9-16-25-41)36-42-26-17-10-18-27-42/h7-29,32H,3-6,30-31,33-38H2,1-2H3,(H,51,53,55,57)(H,52,54,56,58). The van der Waals surface area contributed by atoms with Gasteiger partial charge in [-0.1, -0.05) is 166 Å². The van der Waals surface area contributed by atoms with E-state index in [-0.39, 0.29) is 25.2 Å². The van der Waals surface area contributed by atoms with Crippen LogP contribution in [-0.4, -0.2) is 43.0 Å². The monoisotopic (exact) mass is 828 g/mol. The summed E-state index contributed by atoms with van der Waals surface area (Å²) in [4.78, 5) is 33.2. The van der Waals surface area contributed by atoms with Crippen LogP contribution in [0.2, 0.25) is 0 Å². The highest BCUT2D eigenvalue weighted by Crippen LogP contribution is 2.24. The van der Waals surface area contributed by atoms with Crippen molar-refractivity contribution in [1.82, 2.24) is 29.9 Å². The molecule has 7 aromatic rings. The minimum atomic E-state index is 0.248. The van der Waals surface area contributed by atoms with Gasteiger partial charge < -0.3 is 29.9 Å². The van der Waals surface area contributed by atoms with Crippen molar-refractivity contribution >= 4 is 23.8 Å². The number of rotatable bonds is 24. The maximum atomic E-state index is 6.33. The van der Waals surface area contributed by atoms with Crippen molar-refractivity contribution in [3.8, 4) is 12.0 Å². The van der Waals surface area contributed by atoms with Crippen LogP contribution in [0.4, 0.5) is 23.8 Å². The summed E-state index contributed by atoms with van der Waals surface area (Å²) in [5.41, 5.74) is 6.49. The first-order chi connectivity index (χ1) is 30.6. The van der Waals surface area contributed by atoms with E-state index in [1.165, 1.54) is 0 Å². The van der Waals surface area contributed by atoms with Gasteiger partial charge in [-0.05, 0) is 52.3 Å². The first-order valence-corrected chi connectivity index (χ1v) is 21.6. The van der Waals surface area contributed by atoms with E-state index in [9.17, 15) is 0 Å². The maximum Gasteiger partial charge on any atom is 0.323 e. The van der Waals surface area contributed by atoms with E-state index in [1.54, 1.807) is 0 Å². The van der Waals surface area contributed by atoms with Gasteiger partial charge in [-0.2, -0.15) is 29.9 Å². The van der Waals surface area contributed by atoms with E-state index in [4.69, 9.17) is 29.4 Å². The van der Waals surface area contributed by atoms with Gasteiger partial charge in [0.2, 0.25) is 23.8 Å². The summed E-state index contributed by atoms with van der Waals surface area (Å²) in [6, 6.07) is 50.0. The molecule has 0 unspecified atom stereocenters. The van der Waals surface area contributed by atoms with Crippen LogP contribution in [0.5, 0.6) is 12.0 Å². The van der Waals surface area contributed by atoms with Gasteiger partial charge in [-0.3, -0.25) is 0 Å². The Kier molecular flexibility index (Phi) is 16.0. The van der Waals surface area contributed by atoms with Gasteiger partial charge in [-0.15, -0.1) is 0 Å². The van der Waals surface area contributed by atoms with Crippen LogP contribution in [0.3, 0.4) is 0 Å². The third kappa shape index (κ3) is 13.5. The van der Waals surface area contributed by atoms with Crippen molar-refractivity contribution in [2.24, 2.45) is 0 Å². The SMILES string of the molecule is CCCCNc1nc(OCc2cccc(COc3nc(NCCCC)nc(N(Cc4ccccc4)Cc4ccccc4)n3)c2)nc(N(Cc2ccccc2)Cc2ccccc2)n1. The zero-order chi connectivity index (χ0) is 42.6. The minimum absolute atomic E-state index is 0.248. The highest BCUT2D eigenvalue weighted by Gasteiger charge is 2.18. The van der Waals surface area contributed by atoms with Gasteiger partial charge in [0.1, 0.15) is 13.2 Å². The molecule has 0 aliphatic carbocycles. The van der Waals surface area contributed by atoms with E-state index < -0.39 is 0 Å². The Hall–Kier alpha value is -7.08. The molecule has 318 valence electrons. The molecule has 7 rings (SSSR count). The molecule has 0 bridgehead atoms. The van der Waals surface area contributed by atoms with Crippen LogP contribution in [0.1, 0.15) is 72.9 Å². The number of unbranched alkanes of at least 4 members (excludes halogenated alkanes) is 2. The number of benzene rings is 5. The van der Waals surface area contributed by atoms with Gasteiger partial charge >= 0.3 is 12.0 Å².